The zero-order valence-corrected chi connectivity index (χ0v) is 11.1. The van der Waals surface area contributed by atoms with Crippen molar-refractivity contribution in [2.45, 2.75) is 32.7 Å². The van der Waals surface area contributed by atoms with Crippen molar-refractivity contribution in [1.82, 2.24) is 10.6 Å². The molecule has 0 aromatic carbocycles. The highest BCUT2D eigenvalue weighted by molar-refractivity contribution is 5.85. The molecule has 0 saturated carbocycles. The highest BCUT2D eigenvalue weighted by atomic mass is 35.5. The topological polar surface area (TPSA) is 67.4 Å². The van der Waals surface area contributed by atoms with Crippen molar-refractivity contribution in [2.24, 2.45) is 5.92 Å². The lowest BCUT2D eigenvalue weighted by Crippen LogP contribution is -2.43. The van der Waals surface area contributed by atoms with Crippen LogP contribution >= 0.6 is 12.4 Å². The van der Waals surface area contributed by atoms with Gasteiger partial charge in [0.05, 0.1) is 6.61 Å². The molecular formula is C11H21ClN2O3. The lowest BCUT2D eigenvalue weighted by molar-refractivity contribution is -0.144. The molecule has 0 aromatic rings. The molecular weight excluding hydrogens is 244 g/mol. The molecule has 5 nitrogen and oxygen atoms in total. The number of carbonyl (C=O) groups excluding carboxylic acids is 2. The van der Waals surface area contributed by atoms with Crippen molar-refractivity contribution < 1.29 is 14.3 Å². The van der Waals surface area contributed by atoms with Crippen molar-refractivity contribution in [3.05, 3.63) is 0 Å². The third-order valence-corrected chi connectivity index (χ3v) is 2.71. The molecule has 0 unspecified atom stereocenters. The predicted molar refractivity (Wildman–Crippen MR) is 67.1 cm³/mol. The summed E-state index contributed by atoms with van der Waals surface area (Å²) in [7, 11) is 0. The van der Waals surface area contributed by atoms with Crippen LogP contribution in [0.4, 0.5) is 0 Å². The second kappa shape index (κ2) is 8.31. The maximum atomic E-state index is 11.7. The summed E-state index contributed by atoms with van der Waals surface area (Å²) < 4.78 is 4.73. The minimum atomic E-state index is -0.377. The van der Waals surface area contributed by atoms with Crippen molar-refractivity contribution >= 4 is 24.3 Å². The summed E-state index contributed by atoms with van der Waals surface area (Å²) in [5, 5.41) is 5.90. The first-order valence-corrected chi connectivity index (χ1v) is 5.80. The summed E-state index contributed by atoms with van der Waals surface area (Å²) >= 11 is 0. The summed E-state index contributed by atoms with van der Waals surface area (Å²) in [6, 6.07) is 0.368. The fraction of sp³-hybridized carbons (Fsp3) is 0.818. The molecule has 2 N–H and O–H groups in total. The molecule has 6 heteroatoms. The second-order valence-corrected chi connectivity index (χ2v) is 4.10. The van der Waals surface area contributed by atoms with Crippen LogP contribution in [0.2, 0.25) is 0 Å². The fourth-order valence-corrected chi connectivity index (χ4v) is 1.89. The van der Waals surface area contributed by atoms with E-state index in [-0.39, 0.29) is 36.7 Å². The highest BCUT2D eigenvalue weighted by Gasteiger charge is 2.24. The molecule has 1 rings (SSSR count). The van der Waals surface area contributed by atoms with Crippen LogP contribution in [0.3, 0.4) is 0 Å². The van der Waals surface area contributed by atoms with Gasteiger partial charge in [0.2, 0.25) is 5.91 Å². The van der Waals surface area contributed by atoms with Crippen molar-refractivity contribution in [3.63, 3.8) is 0 Å². The number of esters is 1. The zero-order valence-electron chi connectivity index (χ0n) is 10.3. The first-order valence-electron chi connectivity index (χ1n) is 5.80. The van der Waals surface area contributed by atoms with Crippen LogP contribution in [0.1, 0.15) is 26.7 Å². The first kappa shape index (κ1) is 16.2. The normalized spacial score (nSPS) is 23.4. The van der Waals surface area contributed by atoms with Crippen LogP contribution in [0.15, 0.2) is 0 Å². The Morgan fingerprint density at radius 2 is 2.18 bits per heavy atom. The lowest BCUT2D eigenvalue weighted by Gasteiger charge is -2.26. The monoisotopic (exact) mass is 264 g/mol. The van der Waals surface area contributed by atoms with Gasteiger partial charge in [0.15, 0.2) is 0 Å². The van der Waals surface area contributed by atoms with Gasteiger partial charge < -0.3 is 15.4 Å². The van der Waals surface area contributed by atoms with E-state index < -0.39 is 0 Å². The van der Waals surface area contributed by atoms with E-state index in [0.717, 1.165) is 19.4 Å². The number of carbonyl (C=O) groups is 2. The Kier molecular flexibility index (Phi) is 7.91. The Morgan fingerprint density at radius 3 is 2.76 bits per heavy atom. The van der Waals surface area contributed by atoms with E-state index in [1.54, 1.807) is 6.92 Å². The van der Waals surface area contributed by atoms with E-state index in [9.17, 15) is 9.59 Å². The van der Waals surface area contributed by atoms with Crippen molar-refractivity contribution in [3.8, 4) is 0 Å². The number of rotatable bonds is 4. The number of nitrogens with one attached hydrogen (secondary N) is 2. The molecule has 1 amide bonds. The van der Waals surface area contributed by atoms with Crippen molar-refractivity contribution in [1.29, 1.82) is 0 Å². The van der Waals surface area contributed by atoms with Gasteiger partial charge >= 0.3 is 5.97 Å². The molecule has 1 aliphatic rings. The van der Waals surface area contributed by atoms with Gasteiger partial charge in [-0.1, -0.05) is 0 Å². The number of ether oxygens (including phenoxy) is 1. The maximum absolute atomic E-state index is 11.7. The molecule has 1 fully saturated rings. The highest BCUT2D eigenvalue weighted by Crippen LogP contribution is 2.15. The molecule has 17 heavy (non-hydrogen) atoms. The lowest BCUT2D eigenvalue weighted by atomic mass is 9.92. The Hall–Kier alpha value is -0.810. The molecule has 100 valence electrons. The average molecular weight is 265 g/mol. The Labute approximate surface area is 108 Å². The van der Waals surface area contributed by atoms with Crippen LogP contribution in [-0.4, -0.2) is 37.6 Å². The third kappa shape index (κ3) is 5.89. The Bertz CT molecular complexity index is 261. The van der Waals surface area contributed by atoms with Gasteiger partial charge in [-0.15, -0.1) is 12.4 Å². The van der Waals surface area contributed by atoms with Gasteiger partial charge in [0.1, 0.15) is 6.54 Å². The Balaban J connectivity index is 0.00000256. The number of hydrogen-bond acceptors (Lipinski definition) is 4. The number of halogens is 1. The number of amides is 1. The quantitative estimate of drug-likeness (QED) is 0.725. The largest absolute Gasteiger partial charge is 0.465 e. The van der Waals surface area contributed by atoms with Crippen molar-refractivity contribution in [2.75, 3.05) is 19.7 Å². The zero-order chi connectivity index (χ0) is 12.0. The van der Waals surface area contributed by atoms with Gasteiger partial charge in [0, 0.05) is 12.0 Å². The first-order chi connectivity index (χ1) is 7.63. The van der Waals surface area contributed by atoms with Gasteiger partial charge in [-0.25, -0.2) is 0 Å². The SMILES string of the molecule is CCOC(=O)CNC(=O)[C@H]1CCN[C@@H](C)C1.Cl. The van der Waals surface area contributed by atoms with E-state index in [2.05, 4.69) is 17.6 Å². The Morgan fingerprint density at radius 1 is 1.47 bits per heavy atom. The molecule has 2 atom stereocenters. The van der Waals surface area contributed by atoms with Gasteiger partial charge in [-0.05, 0) is 33.2 Å². The summed E-state index contributed by atoms with van der Waals surface area (Å²) in [4.78, 5) is 22.8. The molecule has 1 aliphatic heterocycles. The number of hydrogen-bond donors (Lipinski definition) is 2. The van der Waals surface area contributed by atoms with Gasteiger partial charge in [-0.3, -0.25) is 9.59 Å². The molecule has 0 aliphatic carbocycles. The van der Waals surface area contributed by atoms with Crippen LogP contribution < -0.4 is 10.6 Å². The van der Waals surface area contributed by atoms with Gasteiger partial charge in [-0.2, -0.15) is 0 Å². The van der Waals surface area contributed by atoms with E-state index in [1.165, 1.54) is 0 Å². The summed E-state index contributed by atoms with van der Waals surface area (Å²) in [6.07, 6.45) is 1.66. The van der Waals surface area contributed by atoms with E-state index in [0.29, 0.717) is 12.6 Å². The smallest absolute Gasteiger partial charge is 0.325 e. The van der Waals surface area contributed by atoms with Gasteiger partial charge in [0.25, 0.3) is 0 Å². The van der Waals surface area contributed by atoms with E-state index >= 15 is 0 Å². The third-order valence-electron chi connectivity index (χ3n) is 2.71. The maximum Gasteiger partial charge on any atom is 0.325 e. The average Bonchev–Trinajstić information content (AvgIpc) is 2.26. The molecule has 0 spiro atoms. The molecule has 0 aromatic heterocycles. The predicted octanol–water partition coefficient (Wildman–Crippen LogP) is 0.476. The van der Waals surface area contributed by atoms with Crippen LogP contribution in [0.25, 0.3) is 0 Å². The van der Waals surface area contributed by atoms with E-state index in [1.807, 2.05) is 0 Å². The minimum Gasteiger partial charge on any atom is -0.465 e. The van der Waals surface area contributed by atoms with Crippen LogP contribution in [0.5, 0.6) is 0 Å². The fourth-order valence-electron chi connectivity index (χ4n) is 1.89. The van der Waals surface area contributed by atoms with Crippen LogP contribution in [-0.2, 0) is 14.3 Å². The molecule has 1 saturated heterocycles. The second-order valence-electron chi connectivity index (χ2n) is 4.10. The van der Waals surface area contributed by atoms with Crippen LogP contribution in [0, 0.1) is 5.92 Å². The summed E-state index contributed by atoms with van der Waals surface area (Å²) in [6.45, 7) is 4.99. The minimum absolute atomic E-state index is 0. The summed E-state index contributed by atoms with van der Waals surface area (Å²) in [5.41, 5.74) is 0. The molecule has 0 bridgehead atoms. The van der Waals surface area contributed by atoms with E-state index in [4.69, 9.17) is 4.74 Å². The molecule has 0 radical (unpaired) electrons. The number of piperidine rings is 1. The molecule has 1 heterocycles. The standard InChI is InChI=1S/C11H20N2O3.ClH/c1-3-16-10(14)7-13-11(15)9-4-5-12-8(2)6-9;/h8-9,12H,3-7H2,1-2H3,(H,13,15);1H/t8-,9-;/m0./s1. The summed E-state index contributed by atoms with van der Waals surface area (Å²) in [5.74, 6) is -0.398.